The number of sulfone groups is 1. The topological polar surface area (TPSA) is 82.3 Å². The Morgan fingerprint density at radius 1 is 1.47 bits per heavy atom. The molecule has 17 heavy (non-hydrogen) atoms. The van der Waals surface area contributed by atoms with Crippen molar-refractivity contribution in [1.29, 1.82) is 0 Å². The number of hydrogen-bond donors (Lipinski definition) is 1. The maximum absolute atomic E-state index is 11.7. The van der Waals surface area contributed by atoms with Crippen LogP contribution in [-0.4, -0.2) is 26.3 Å². The summed E-state index contributed by atoms with van der Waals surface area (Å²) in [6.07, 6.45) is 0.627. The molecule has 0 aliphatic rings. The summed E-state index contributed by atoms with van der Waals surface area (Å²) in [5.41, 5.74) is 6.33. The summed E-state index contributed by atoms with van der Waals surface area (Å²) in [5, 5.41) is 0.603. The Labute approximate surface area is 106 Å². The molecule has 0 spiro atoms. The molecule has 0 bridgehead atoms. The summed E-state index contributed by atoms with van der Waals surface area (Å²) in [6, 6.07) is 0. The summed E-state index contributed by atoms with van der Waals surface area (Å²) in [4.78, 5) is 5.17. The van der Waals surface area contributed by atoms with Crippen LogP contribution in [0.15, 0.2) is 0 Å². The number of nitrogens with two attached hydrogens (primary N) is 1. The van der Waals surface area contributed by atoms with Gasteiger partial charge in [0, 0.05) is 18.5 Å². The predicted octanol–water partition coefficient (Wildman–Crippen LogP) is 1.07. The second-order valence-electron chi connectivity index (χ2n) is 3.71. The number of rotatable bonds is 7. The second-order valence-corrected chi connectivity index (χ2v) is 7.06. The molecule has 2 N–H and O–H groups in total. The molecule has 0 aliphatic heterocycles. The minimum Gasteiger partial charge on any atom is -0.378 e. The van der Waals surface area contributed by atoms with Crippen molar-refractivity contribution in [3.05, 3.63) is 15.6 Å². The van der Waals surface area contributed by atoms with Gasteiger partial charge in [-0.05, 0) is 6.42 Å². The Balaban J connectivity index is 2.85. The van der Waals surface area contributed by atoms with Crippen molar-refractivity contribution in [3.8, 4) is 0 Å². The average molecular weight is 278 g/mol. The zero-order chi connectivity index (χ0) is 12.9. The molecule has 1 rings (SSSR count). The number of ether oxygens (including phenoxy) is 1. The molecule has 0 fully saturated rings. The SMILES string of the molecule is CCCS(=O)(=O)Cc1nc(COC)c(CN)s1. The molecule has 0 aromatic carbocycles. The zero-order valence-electron chi connectivity index (χ0n) is 10.1. The zero-order valence-corrected chi connectivity index (χ0v) is 11.7. The van der Waals surface area contributed by atoms with E-state index >= 15 is 0 Å². The fraction of sp³-hybridized carbons (Fsp3) is 0.700. The normalized spacial score (nSPS) is 11.9. The Bertz CT molecular complexity index is 454. The van der Waals surface area contributed by atoms with Gasteiger partial charge in [-0.25, -0.2) is 13.4 Å². The maximum atomic E-state index is 11.7. The fourth-order valence-corrected chi connectivity index (χ4v) is 4.21. The first-order chi connectivity index (χ1) is 8.02. The lowest BCUT2D eigenvalue weighted by atomic mass is 10.4. The summed E-state index contributed by atoms with van der Waals surface area (Å²) in [7, 11) is -1.47. The Morgan fingerprint density at radius 3 is 2.71 bits per heavy atom. The minimum atomic E-state index is -3.05. The van der Waals surface area contributed by atoms with Crippen LogP contribution in [0.2, 0.25) is 0 Å². The van der Waals surface area contributed by atoms with E-state index in [0.717, 1.165) is 10.6 Å². The average Bonchev–Trinajstić information content (AvgIpc) is 2.59. The van der Waals surface area contributed by atoms with E-state index in [9.17, 15) is 8.42 Å². The Morgan fingerprint density at radius 2 is 2.18 bits per heavy atom. The van der Waals surface area contributed by atoms with Crippen molar-refractivity contribution in [2.75, 3.05) is 12.9 Å². The lowest BCUT2D eigenvalue weighted by molar-refractivity contribution is 0.181. The lowest BCUT2D eigenvalue weighted by Crippen LogP contribution is -2.08. The van der Waals surface area contributed by atoms with Crippen molar-refractivity contribution < 1.29 is 13.2 Å². The molecule has 0 saturated carbocycles. The minimum absolute atomic E-state index is 0.00220. The van der Waals surface area contributed by atoms with E-state index in [0.29, 0.717) is 24.6 Å². The molecule has 5 nitrogen and oxygen atoms in total. The summed E-state index contributed by atoms with van der Waals surface area (Å²) < 4.78 is 28.3. The van der Waals surface area contributed by atoms with E-state index in [4.69, 9.17) is 10.5 Å². The molecule has 1 aromatic heterocycles. The molecule has 0 saturated heterocycles. The van der Waals surface area contributed by atoms with Crippen molar-refractivity contribution in [1.82, 2.24) is 4.98 Å². The number of methoxy groups -OCH3 is 1. The third-order valence-electron chi connectivity index (χ3n) is 2.15. The van der Waals surface area contributed by atoms with Gasteiger partial charge >= 0.3 is 0 Å². The van der Waals surface area contributed by atoms with Crippen molar-refractivity contribution in [2.24, 2.45) is 5.73 Å². The van der Waals surface area contributed by atoms with Gasteiger partial charge in [0.15, 0.2) is 9.84 Å². The maximum Gasteiger partial charge on any atom is 0.156 e. The van der Waals surface area contributed by atoms with E-state index in [1.165, 1.54) is 11.3 Å². The first kappa shape index (κ1) is 14.6. The van der Waals surface area contributed by atoms with Gasteiger partial charge in [-0.1, -0.05) is 6.92 Å². The molecule has 0 amide bonds. The largest absolute Gasteiger partial charge is 0.378 e. The molecule has 0 radical (unpaired) electrons. The van der Waals surface area contributed by atoms with E-state index in [-0.39, 0.29) is 11.5 Å². The van der Waals surface area contributed by atoms with Crippen molar-refractivity contribution in [3.63, 3.8) is 0 Å². The first-order valence-electron chi connectivity index (χ1n) is 5.39. The smallest absolute Gasteiger partial charge is 0.156 e. The summed E-state index contributed by atoms with van der Waals surface area (Å²) >= 11 is 1.36. The summed E-state index contributed by atoms with van der Waals surface area (Å²) in [5.74, 6) is 0.201. The third-order valence-corrected chi connectivity index (χ3v) is 5.19. The molecule has 0 aliphatic carbocycles. The van der Waals surface area contributed by atoms with E-state index in [2.05, 4.69) is 4.98 Å². The molecular weight excluding hydrogens is 260 g/mol. The van der Waals surface area contributed by atoms with E-state index in [1.54, 1.807) is 7.11 Å². The van der Waals surface area contributed by atoms with Crippen LogP contribution < -0.4 is 5.73 Å². The molecular formula is C10H18N2O3S2. The fourth-order valence-electron chi connectivity index (χ4n) is 1.48. The first-order valence-corrected chi connectivity index (χ1v) is 8.03. The third kappa shape index (κ3) is 4.34. The van der Waals surface area contributed by atoms with Gasteiger partial charge in [0.2, 0.25) is 0 Å². The van der Waals surface area contributed by atoms with E-state index in [1.807, 2.05) is 6.92 Å². The molecule has 7 heteroatoms. The van der Waals surface area contributed by atoms with Gasteiger partial charge in [0.1, 0.15) is 10.8 Å². The van der Waals surface area contributed by atoms with Crippen LogP contribution in [0, 0.1) is 0 Å². The Hall–Kier alpha value is -0.500. The molecule has 0 unspecified atom stereocenters. The number of hydrogen-bond acceptors (Lipinski definition) is 6. The van der Waals surface area contributed by atoms with Crippen LogP contribution in [0.1, 0.15) is 28.9 Å². The van der Waals surface area contributed by atoms with Gasteiger partial charge in [-0.2, -0.15) is 0 Å². The highest BCUT2D eigenvalue weighted by Crippen LogP contribution is 2.21. The number of aromatic nitrogens is 1. The molecule has 1 heterocycles. The van der Waals surface area contributed by atoms with Crippen LogP contribution in [0.5, 0.6) is 0 Å². The molecule has 1 aromatic rings. The lowest BCUT2D eigenvalue weighted by Gasteiger charge is -1.98. The van der Waals surface area contributed by atoms with E-state index < -0.39 is 9.84 Å². The highest BCUT2D eigenvalue weighted by molar-refractivity contribution is 7.90. The second kappa shape index (κ2) is 6.44. The summed E-state index contributed by atoms with van der Waals surface area (Å²) in [6.45, 7) is 2.59. The van der Waals surface area contributed by atoms with Crippen LogP contribution in [0.3, 0.4) is 0 Å². The van der Waals surface area contributed by atoms with Gasteiger partial charge < -0.3 is 10.5 Å². The standard InChI is InChI=1S/C10H18N2O3S2/c1-3-4-17(13,14)7-10-12-8(6-15-2)9(5-11)16-10/h3-7,11H2,1-2H3. The molecule has 98 valence electrons. The van der Waals surface area contributed by atoms with Gasteiger partial charge in [0.05, 0.1) is 18.1 Å². The number of thiazole rings is 1. The van der Waals surface area contributed by atoms with Crippen LogP contribution >= 0.6 is 11.3 Å². The highest BCUT2D eigenvalue weighted by Gasteiger charge is 2.16. The monoisotopic (exact) mass is 278 g/mol. The van der Waals surface area contributed by atoms with Crippen LogP contribution in [0.25, 0.3) is 0 Å². The van der Waals surface area contributed by atoms with Gasteiger partial charge in [0.25, 0.3) is 0 Å². The van der Waals surface area contributed by atoms with Crippen LogP contribution in [0.4, 0.5) is 0 Å². The number of nitrogens with zero attached hydrogens (tertiary/aromatic N) is 1. The van der Waals surface area contributed by atoms with Gasteiger partial charge in [-0.3, -0.25) is 0 Å². The predicted molar refractivity (Wildman–Crippen MR) is 68.5 cm³/mol. The Kier molecular flexibility index (Phi) is 5.51. The highest BCUT2D eigenvalue weighted by atomic mass is 32.2. The van der Waals surface area contributed by atoms with Gasteiger partial charge in [-0.15, -0.1) is 11.3 Å². The quantitative estimate of drug-likeness (QED) is 0.807. The van der Waals surface area contributed by atoms with Crippen molar-refractivity contribution in [2.45, 2.75) is 32.2 Å². The van der Waals surface area contributed by atoms with Crippen molar-refractivity contribution >= 4 is 21.2 Å². The molecule has 0 atom stereocenters. The van der Waals surface area contributed by atoms with Crippen LogP contribution in [-0.2, 0) is 33.5 Å².